The molecule has 4 rings (SSSR count). The number of hydrogen-bond donors (Lipinski definition) is 0. The summed E-state index contributed by atoms with van der Waals surface area (Å²) in [5.74, 6) is 0. The molecule has 3 heterocycles. The number of para-hydroxylation sites is 1. The maximum Gasteiger partial charge on any atom is 0.316 e. The summed E-state index contributed by atoms with van der Waals surface area (Å²) in [7, 11) is 3.18. The Kier molecular flexibility index (Phi) is 4.63. The Bertz CT molecular complexity index is 1280. The molecule has 8 nitrogen and oxygen atoms in total. The van der Waals surface area contributed by atoms with E-state index in [1.165, 1.54) is 11.7 Å². The summed E-state index contributed by atoms with van der Waals surface area (Å²) in [6, 6.07) is 11.2. The van der Waals surface area contributed by atoms with Crippen LogP contribution in [0.25, 0.3) is 27.9 Å². The second kappa shape index (κ2) is 7.40. The monoisotopic (exact) mass is 384 g/mol. The zero-order chi connectivity index (χ0) is 20.4. The molecule has 0 aliphatic rings. The first-order valence-electron chi connectivity index (χ1n) is 8.72. The van der Waals surface area contributed by atoms with E-state index in [2.05, 4.69) is 21.1 Å². The van der Waals surface area contributed by atoms with Crippen LogP contribution in [-0.2, 0) is 7.05 Å². The molecule has 0 amide bonds. The van der Waals surface area contributed by atoms with Crippen LogP contribution in [0, 0.1) is 11.3 Å². The summed E-state index contributed by atoms with van der Waals surface area (Å²) in [6.45, 7) is 0. The first-order chi connectivity index (χ1) is 14.1. The van der Waals surface area contributed by atoms with Crippen LogP contribution in [0.4, 0.5) is 0 Å². The highest BCUT2D eigenvalue weighted by Crippen LogP contribution is 2.31. The molecule has 3 aromatic heterocycles. The number of hydrogen-bond acceptors (Lipinski definition) is 6. The summed E-state index contributed by atoms with van der Waals surface area (Å²) in [5.41, 5.74) is 4.00. The molecule has 0 aliphatic heterocycles. The van der Waals surface area contributed by atoms with Gasteiger partial charge in [0.25, 0.3) is 5.56 Å². The summed E-state index contributed by atoms with van der Waals surface area (Å²) in [5, 5.41) is 13.8. The molecule has 0 atom stereocenters. The molecule has 0 fully saturated rings. The lowest BCUT2D eigenvalue weighted by atomic mass is 10.0. The minimum Gasteiger partial charge on any atom is -0.467 e. The van der Waals surface area contributed by atoms with Crippen molar-refractivity contribution in [3.8, 4) is 40.0 Å². The lowest BCUT2D eigenvalue weighted by Crippen LogP contribution is -2.15. The van der Waals surface area contributed by atoms with Crippen molar-refractivity contribution in [1.82, 2.24) is 24.3 Å². The Morgan fingerprint density at radius 1 is 1.03 bits per heavy atom. The number of methoxy groups -OCH3 is 1. The van der Waals surface area contributed by atoms with Gasteiger partial charge in [-0.3, -0.25) is 4.79 Å². The fourth-order valence-electron chi connectivity index (χ4n) is 3.02. The number of aromatic nitrogens is 5. The quantitative estimate of drug-likeness (QED) is 0.536. The van der Waals surface area contributed by atoms with Crippen LogP contribution >= 0.6 is 0 Å². The maximum absolute atomic E-state index is 12.3. The fourth-order valence-corrected chi connectivity index (χ4v) is 3.02. The van der Waals surface area contributed by atoms with Crippen molar-refractivity contribution in [3.05, 3.63) is 77.2 Å². The fraction of sp³-hybridized carbons (Fsp3) is 0.0952. The predicted molar refractivity (Wildman–Crippen MR) is 107 cm³/mol. The molecule has 0 saturated heterocycles. The second-order valence-electron chi connectivity index (χ2n) is 6.31. The smallest absolute Gasteiger partial charge is 0.316 e. The molecule has 0 radical (unpaired) electrons. The van der Waals surface area contributed by atoms with E-state index in [9.17, 15) is 10.1 Å². The van der Waals surface area contributed by atoms with Crippen molar-refractivity contribution in [2.75, 3.05) is 7.11 Å². The number of ether oxygens (including phenoxy) is 1. The van der Waals surface area contributed by atoms with Gasteiger partial charge in [0.1, 0.15) is 6.07 Å². The van der Waals surface area contributed by atoms with Gasteiger partial charge in [-0.1, -0.05) is 12.1 Å². The van der Waals surface area contributed by atoms with E-state index in [1.54, 1.807) is 54.7 Å². The molecule has 29 heavy (non-hydrogen) atoms. The number of benzene rings is 1. The van der Waals surface area contributed by atoms with Crippen molar-refractivity contribution in [2.45, 2.75) is 0 Å². The number of aryl methyl sites for hydroxylation is 1. The third kappa shape index (κ3) is 3.37. The van der Waals surface area contributed by atoms with Crippen LogP contribution in [0.5, 0.6) is 6.01 Å². The van der Waals surface area contributed by atoms with Crippen molar-refractivity contribution in [3.63, 3.8) is 0 Å². The lowest BCUT2D eigenvalue weighted by molar-refractivity contribution is 0.380. The highest BCUT2D eigenvalue weighted by molar-refractivity contribution is 5.81. The summed E-state index contributed by atoms with van der Waals surface area (Å²) >= 11 is 0. The van der Waals surface area contributed by atoms with Gasteiger partial charge in [0.2, 0.25) is 0 Å². The molecule has 142 valence electrons. The Hall–Kier alpha value is -4.25. The molecule has 1 aromatic carbocycles. The molecular formula is C21H16N6O2. The highest BCUT2D eigenvalue weighted by atomic mass is 16.5. The first kappa shape index (κ1) is 18.1. The van der Waals surface area contributed by atoms with Crippen molar-refractivity contribution < 1.29 is 4.74 Å². The predicted octanol–water partition coefficient (Wildman–Crippen LogP) is 2.58. The Morgan fingerprint density at radius 3 is 2.52 bits per heavy atom. The van der Waals surface area contributed by atoms with Crippen LogP contribution in [0.15, 0.2) is 66.1 Å². The van der Waals surface area contributed by atoms with Gasteiger partial charge in [0, 0.05) is 54.6 Å². The molecule has 8 heteroatoms. The van der Waals surface area contributed by atoms with Gasteiger partial charge in [-0.2, -0.15) is 10.4 Å². The molecule has 0 unspecified atom stereocenters. The average molecular weight is 384 g/mol. The minimum atomic E-state index is -0.151. The summed E-state index contributed by atoms with van der Waals surface area (Å²) in [4.78, 5) is 20.5. The number of nitrogens with zero attached hydrogens (tertiary/aromatic N) is 6. The highest BCUT2D eigenvalue weighted by Gasteiger charge is 2.14. The van der Waals surface area contributed by atoms with Gasteiger partial charge in [-0.25, -0.2) is 14.6 Å². The van der Waals surface area contributed by atoms with Crippen LogP contribution in [0.2, 0.25) is 0 Å². The van der Waals surface area contributed by atoms with E-state index < -0.39 is 0 Å². The summed E-state index contributed by atoms with van der Waals surface area (Å²) in [6.07, 6.45) is 8.49. The van der Waals surface area contributed by atoms with E-state index in [-0.39, 0.29) is 11.6 Å². The average Bonchev–Trinajstić information content (AvgIpc) is 3.25. The zero-order valence-corrected chi connectivity index (χ0v) is 15.8. The maximum atomic E-state index is 12.3. The molecule has 4 aromatic rings. The normalized spacial score (nSPS) is 10.5. The van der Waals surface area contributed by atoms with Crippen molar-refractivity contribution in [2.24, 2.45) is 7.05 Å². The standard InChI is InChI=1S/C21H16N6O2/c1-26-13-18(17(7-20(26)28)15-9-23-21(29-2)24-10-15)16-11-25-27(12-16)19-6-4-3-5-14(19)8-22/h3-7,9-13H,1-2H3. The van der Waals surface area contributed by atoms with Gasteiger partial charge in [-0.05, 0) is 17.7 Å². The van der Waals surface area contributed by atoms with E-state index >= 15 is 0 Å². The van der Waals surface area contributed by atoms with Crippen molar-refractivity contribution in [1.29, 1.82) is 5.26 Å². The number of rotatable bonds is 4. The van der Waals surface area contributed by atoms with Gasteiger partial charge in [-0.15, -0.1) is 0 Å². The lowest BCUT2D eigenvalue weighted by Gasteiger charge is -2.10. The minimum absolute atomic E-state index is 0.151. The van der Waals surface area contributed by atoms with Gasteiger partial charge in [0.15, 0.2) is 0 Å². The molecule has 0 N–H and O–H groups in total. The van der Waals surface area contributed by atoms with Crippen LogP contribution in [0.1, 0.15) is 5.56 Å². The van der Waals surface area contributed by atoms with Crippen molar-refractivity contribution >= 4 is 0 Å². The molecular weight excluding hydrogens is 368 g/mol. The van der Waals surface area contributed by atoms with Gasteiger partial charge < -0.3 is 9.30 Å². The van der Waals surface area contributed by atoms with Crippen LogP contribution < -0.4 is 10.3 Å². The molecule has 0 bridgehead atoms. The zero-order valence-electron chi connectivity index (χ0n) is 15.8. The first-order valence-corrected chi connectivity index (χ1v) is 8.72. The molecule has 0 saturated carbocycles. The Morgan fingerprint density at radius 2 is 1.79 bits per heavy atom. The third-order valence-corrected chi connectivity index (χ3v) is 4.52. The van der Waals surface area contributed by atoms with E-state index in [1.807, 2.05) is 18.3 Å². The van der Waals surface area contributed by atoms with Gasteiger partial charge in [0.05, 0.1) is 24.6 Å². The largest absolute Gasteiger partial charge is 0.467 e. The van der Waals surface area contributed by atoms with Gasteiger partial charge >= 0.3 is 6.01 Å². The molecule has 0 spiro atoms. The van der Waals surface area contributed by atoms with Crippen LogP contribution in [0.3, 0.4) is 0 Å². The van der Waals surface area contributed by atoms with E-state index in [0.717, 1.165) is 11.1 Å². The van der Waals surface area contributed by atoms with Crippen LogP contribution in [-0.4, -0.2) is 31.4 Å². The number of pyridine rings is 1. The Balaban J connectivity index is 1.85. The number of nitriles is 1. The Labute approximate surface area is 166 Å². The third-order valence-electron chi connectivity index (χ3n) is 4.52. The molecule has 0 aliphatic carbocycles. The van der Waals surface area contributed by atoms with E-state index in [0.29, 0.717) is 22.4 Å². The summed E-state index contributed by atoms with van der Waals surface area (Å²) < 4.78 is 8.16. The SMILES string of the molecule is COc1ncc(-c2cc(=O)n(C)cc2-c2cnn(-c3ccccc3C#N)c2)cn1. The topological polar surface area (TPSA) is 98.6 Å². The van der Waals surface area contributed by atoms with E-state index in [4.69, 9.17) is 4.74 Å². The second-order valence-corrected chi connectivity index (χ2v) is 6.31.